The van der Waals surface area contributed by atoms with Gasteiger partial charge >= 0.3 is 0 Å². The Morgan fingerprint density at radius 2 is 2.28 bits per heavy atom. The quantitative estimate of drug-likeness (QED) is 0.912. The molecular formula is C13H17ClN2O2. The van der Waals surface area contributed by atoms with Crippen molar-refractivity contribution in [3.05, 3.63) is 28.8 Å². The standard InChI is InChI=1S/C13H17ClN2O2/c1-3-16-12(17)7-10(15)13(16)8-4-5-11(18-2)9(14)6-8/h4-6,10,13H,3,7,15H2,1-2H3. The topological polar surface area (TPSA) is 55.6 Å². The Morgan fingerprint density at radius 3 is 2.83 bits per heavy atom. The zero-order valence-corrected chi connectivity index (χ0v) is 11.3. The van der Waals surface area contributed by atoms with E-state index in [9.17, 15) is 4.79 Å². The highest BCUT2D eigenvalue weighted by Crippen LogP contribution is 2.35. The third-order valence-corrected chi connectivity index (χ3v) is 3.63. The SMILES string of the molecule is CCN1C(=O)CC(N)C1c1ccc(OC)c(Cl)c1. The number of hydrogen-bond acceptors (Lipinski definition) is 3. The molecule has 98 valence electrons. The summed E-state index contributed by atoms with van der Waals surface area (Å²) < 4.78 is 5.12. The van der Waals surface area contributed by atoms with Crippen LogP contribution >= 0.6 is 11.6 Å². The first-order chi connectivity index (χ1) is 8.58. The smallest absolute Gasteiger partial charge is 0.224 e. The van der Waals surface area contributed by atoms with Gasteiger partial charge in [-0.3, -0.25) is 4.79 Å². The predicted molar refractivity (Wildman–Crippen MR) is 70.7 cm³/mol. The van der Waals surface area contributed by atoms with E-state index in [4.69, 9.17) is 22.1 Å². The third-order valence-electron chi connectivity index (χ3n) is 3.33. The van der Waals surface area contributed by atoms with Gasteiger partial charge in [0.2, 0.25) is 5.91 Å². The summed E-state index contributed by atoms with van der Waals surface area (Å²) in [6, 6.07) is 5.27. The Hall–Kier alpha value is -1.26. The van der Waals surface area contributed by atoms with E-state index in [0.717, 1.165) is 5.56 Å². The molecule has 0 aliphatic carbocycles. The highest BCUT2D eigenvalue weighted by atomic mass is 35.5. The first-order valence-electron chi connectivity index (χ1n) is 5.97. The van der Waals surface area contributed by atoms with Gasteiger partial charge in [-0.1, -0.05) is 17.7 Å². The fourth-order valence-corrected chi connectivity index (χ4v) is 2.75. The van der Waals surface area contributed by atoms with Crippen molar-refractivity contribution in [2.24, 2.45) is 5.73 Å². The van der Waals surface area contributed by atoms with Crippen LogP contribution in [0.5, 0.6) is 5.75 Å². The van der Waals surface area contributed by atoms with Crippen molar-refractivity contribution in [2.75, 3.05) is 13.7 Å². The van der Waals surface area contributed by atoms with Crippen molar-refractivity contribution in [3.63, 3.8) is 0 Å². The molecule has 1 saturated heterocycles. The number of methoxy groups -OCH3 is 1. The van der Waals surface area contributed by atoms with Crippen LogP contribution in [0, 0.1) is 0 Å². The van der Waals surface area contributed by atoms with Crippen molar-refractivity contribution < 1.29 is 9.53 Å². The summed E-state index contributed by atoms with van der Waals surface area (Å²) in [7, 11) is 1.57. The molecule has 5 heteroatoms. The van der Waals surface area contributed by atoms with E-state index in [0.29, 0.717) is 23.7 Å². The molecule has 1 fully saturated rings. The van der Waals surface area contributed by atoms with E-state index >= 15 is 0 Å². The minimum Gasteiger partial charge on any atom is -0.495 e. The highest BCUT2D eigenvalue weighted by molar-refractivity contribution is 6.32. The van der Waals surface area contributed by atoms with Crippen LogP contribution in [-0.2, 0) is 4.79 Å². The second kappa shape index (κ2) is 5.16. The first kappa shape index (κ1) is 13.2. The number of likely N-dealkylation sites (tertiary alicyclic amines) is 1. The van der Waals surface area contributed by atoms with Gasteiger partial charge in [0, 0.05) is 19.0 Å². The van der Waals surface area contributed by atoms with E-state index in [1.807, 2.05) is 19.1 Å². The molecule has 0 aromatic heterocycles. The number of amides is 1. The fraction of sp³-hybridized carbons (Fsp3) is 0.462. The Labute approximate surface area is 112 Å². The van der Waals surface area contributed by atoms with Gasteiger partial charge in [-0.05, 0) is 24.6 Å². The van der Waals surface area contributed by atoms with Crippen LogP contribution in [0.1, 0.15) is 24.9 Å². The van der Waals surface area contributed by atoms with Gasteiger partial charge in [-0.2, -0.15) is 0 Å². The molecule has 4 nitrogen and oxygen atoms in total. The second-order valence-electron chi connectivity index (χ2n) is 4.39. The number of rotatable bonds is 3. The molecule has 18 heavy (non-hydrogen) atoms. The molecule has 0 spiro atoms. The number of ether oxygens (including phenoxy) is 1. The van der Waals surface area contributed by atoms with Crippen molar-refractivity contribution in [2.45, 2.75) is 25.4 Å². The minimum absolute atomic E-state index is 0.0918. The molecule has 2 atom stereocenters. The van der Waals surface area contributed by atoms with Gasteiger partial charge in [0.1, 0.15) is 5.75 Å². The molecular weight excluding hydrogens is 252 g/mol. The zero-order chi connectivity index (χ0) is 13.3. The molecule has 2 N–H and O–H groups in total. The molecule has 1 amide bonds. The lowest BCUT2D eigenvalue weighted by atomic mass is 10.0. The Bertz CT molecular complexity index is 464. The van der Waals surface area contributed by atoms with E-state index in [2.05, 4.69) is 0 Å². The maximum atomic E-state index is 11.8. The minimum atomic E-state index is -0.179. The Balaban J connectivity index is 2.35. The van der Waals surface area contributed by atoms with Gasteiger partial charge in [-0.25, -0.2) is 0 Å². The van der Waals surface area contributed by atoms with Crippen LogP contribution in [0.4, 0.5) is 0 Å². The summed E-state index contributed by atoms with van der Waals surface area (Å²) in [5.41, 5.74) is 7.01. The summed E-state index contributed by atoms with van der Waals surface area (Å²) in [6.45, 7) is 2.61. The van der Waals surface area contributed by atoms with E-state index < -0.39 is 0 Å². The average Bonchev–Trinajstić information content (AvgIpc) is 2.63. The van der Waals surface area contributed by atoms with E-state index in [1.165, 1.54) is 0 Å². The predicted octanol–water partition coefficient (Wildman–Crippen LogP) is 1.97. The fourth-order valence-electron chi connectivity index (χ4n) is 2.48. The second-order valence-corrected chi connectivity index (χ2v) is 4.79. The number of nitrogens with two attached hydrogens (primary N) is 1. The molecule has 0 bridgehead atoms. The molecule has 1 aliphatic rings. The number of likely N-dealkylation sites (N-methyl/N-ethyl adjacent to an activating group) is 1. The van der Waals surface area contributed by atoms with Crippen LogP contribution in [0.2, 0.25) is 5.02 Å². The first-order valence-corrected chi connectivity index (χ1v) is 6.34. The highest BCUT2D eigenvalue weighted by Gasteiger charge is 2.37. The Morgan fingerprint density at radius 1 is 1.56 bits per heavy atom. The number of halogens is 1. The average molecular weight is 269 g/mol. The maximum absolute atomic E-state index is 11.8. The van der Waals surface area contributed by atoms with Gasteiger partial charge in [0.25, 0.3) is 0 Å². The zero-order valence-electron chi connectivity index (χ0n) is 10.5. The monoisotopic (exact) mass is 268 g/mol. The number of carbonyl (C=O) groups excluding carboxylic acids is 1. The molecule has 1 aromatic rings. The van der Waals surface area contributed by atoms with Gasteiger partial charge < -0.3 is 15.4 Å². The summed E-state index contributed by atoms with van der Waals surface area (Å²) in [5, 5.41) is 0.539. The van der Waals surface area contributed by atoms with E-state index in [1.54, 1.807) is 18.1 Å². The van der Waals surface area contributed by atoms with Crippen LogP contribution in [0.15, 0.2) is 18.2 Å². The van der Waals surface area contributed by atoms with Crippen molar-refractivity contribution in [3.8, 4) is 5.75 Å². The lowest BCUT2D eigenvalue weighted by Crippen LogP contribution is -2.32. The summed E-state index contributed by atoms with van der Waals surface area (Å²) in [4.78, 5) is 13.6. The van der Waals surface area contributed by atoms with Crippen LogP contribution in [0.3, 0.4) is 0 Å². The van der Waals surface area contributed by atoms with Gasteiger partial charge in [0.15, 0.2) is 0 Å². The molecule has 0 saturated carbocycles. The van der Waals surface area contributed by atoms with Crippen molar-refractivity contribution in [1.82, 2.24) is 4.90 Å². The summed E-state index contributed by atoms with van der Waals surface area (Å²) in [5.74, 6) is 0.725. The maximum Gasteiger partial charge on any atom is 0.224 e. The molecule has 2 rings (SSSR count). The number of benzene rings is 1. The number of nitrogens with zero attached hydrogens (tertiary/aromatic N) is 1. The van der Waals surface area contributed by atoms with Crippen molar-refractivity contribution >= 4 is 17.5 Å². The number of hydrogen-bond donors (Lipinski definition) is 1. The van der Waals surface area contributed by atoms with E-state index in [-0.39, 0.29) is 18.0 Å². The van der Waals surface area contributed by atoms with Gasteiger partial charge in [0.05, 0.1) is 18.2 Å². The molecule has 1 aromatic carbocycles. The van der Waals surface area contributed by atoms with Gasteiger partial charge in [-0.15, -0.1) is 0 Å². The van der Waals surface area contributed by atoms with Crippen LogP contribution < -0.4 is 10.5 Å². The summed E-state index contributed by atoms with van der Waals surface area (Å²) >= 11 is 6.11. The largest absolute Gasteiger partial charge is 0.495 e. The molecule has 1 aliphatic heterocycles. The van der Waals surface area contributed by atoms with Crippen LogP contribution in [0.25, 0.3) is 0 Å². The third kappa shape index (κ3) is 2.18. The normalized spacial score (nSPS) is 23.6. The lowest BCUT2D eigenvalue weighted by molar-refractivity contribution is -0.128. The number of carbonyl (C=O) groups is 1. The van der Waals surface area contributed by atoms with Crippen LogP contribution in [-0.4, -0.2) is 30.5 Å². The Kier molecular flexibility index (Phi) is 3.78. The molecule has 2 unspecified atom stereocenters. The molecule has 0 radical (unpaired) electrons. The molecule has 1 heterocycles. The lowest BCUT2D eigenvalue weighted by Gasteiger charge is -2.26. The van der Waals surface area contributed by atoms with Crippen molar-refractivity contribution in [1.29, 1.82) is 0 Å². The summed E-state index contributed by atoms with van der Waals surface area (Å²) in [6.07, 6.45) is 0.391.